The van der Waals surface area contributed by atoms with Crippen LogP contribution in [-0.2, 0) is 13.0 Å². The largest absolute Gasteiger partial charge is 0.408 e. The van der Waals surface area contributed by atoms with Crippen molar-refractivity contribution in [2.75, 3.05) is 5.88 Å². The van der Waals surface area contributed by atoms with E-state index in [0.717, 1.165) is 4.68 Å². The zero-order valence-corrected chi connectivity index (χ0v) is 7.31. The van der Waals surface area contributed by atoms with E-state index >= 15 is 0 Å². The summed E-state index contributed by atoms with van der Waals surface area (Å²) in [7, 11) is 0. The van der Waals surface area contributed by atoms with Gasteiger partial charge < -0.3 is 0 Å². The summed E-state index contributed by atoms with van der Waals surface area (Å²) in [4.78, 5) is 0. The second-order valence-electron chi connectivity index (χ2n) is 2.46. The van der Waals surface area contributed by atoms with Crippen LogP contribution in [-0.4, -0.2) is 27.1 Å². The minimum atomic E-state index is -4.26. The summed E-state index contributed by atoms with van der Waals surface area (Å²) in [6.07, 6.45) is -2.58. The van der Waals surface area contributed by atoms with Gasteiger partial charge in [-0.2, -0.15) is 13.2 Å². The molecule has 0 fully saturated rings. The highest BCUT2D eigenvalue weighted by atomic mass is 35.5. The van der Waals surface area contributed by atoms with E-state index in [4.69, 9.17) is 11.6 Å². The molecule has 0 aromatic carbocycles. The first-order valence-corrected chi connectivity index (χ1v) is 4.06. The van der Waals surface area contributed by atoms with Crippen LogP contribution in [0.15, 0.2) is 6.20 Å². The zero-order chi connectivity index (χ0) is 9.90. The number of nitrogens with zero attached hydrogens (tertiary/aromatic N) is 3. The van der Waals surface area contributed by atoms with Gasteiger partial charge >= 0.3 is 6.18 Å². The predicted molar refractivity (Wildman–Crippen MR) is 40.5 cm³/mol. The van der Waals surface area contributed by atoms with Crippen LogP contribution < -0.4 is 0 Å². The molecule has 0 aliphatic heterocycles. The molecule has 0 unspecified atom stereocenters. The van der Waals surface area contributed by atoms with E-state index in [2.05, 4.69) is 10.3 Å². The Kier molecular flexibility index (Phi) is 3.13. The SMILES string of the molecule is FC(F)(F)Cn1cc(CCCl)nn1. The van der Waals surface area contributed by atoms with Crippen LogP contribution in [0, 0.1) is 0 Å². The van der Waals surface area contributed by atoms with Crippen molar-refractivity contribution in [1.82, 2.24) is 15.0 Å². The van der Waals surface area contributed by atoms with E-state index in [1.54, 1.807) is 0 Å². The van der Waals surface area contributed by atoms with Crippen LogP contribution in [0.25, 0.3) is 0 Å². The fourth-order valence-electron chi connectivity index (χ4n) is 0.811. The second kappa shape index (κ2) is 3.95. The first-order valence-electron chi connectivity index (χ1n) is 3.53. The van der Waals surface area contributed by atoms with Gasteiger partial charge in [-0.3, -0.25) is 0 Å². The van der Waals surface area contributed by atoms with Crippen molar-refractivity contribution < 1.29 is 13.2 Å². The Morgan fingerprint density at radius 2 is 2.15 bits per heavy atom. The molecule has 0 aliphatic rings. The standard InChI is InChI=1S/C6H7ClF3N3/c7-2-1-5-3-13(12-11-5)4-6(8,9)10/h3H,1-2,4H2. The lowest BCUT2D eigenvalue weighted by atomic mass is 10.4. The Balaban J connectivity index is 2.59. The molecule has 0 amide bonds. The average Bonchev–Trinajstić information content (AvgIpc) is 2.33. The molecular weight excluding hydrogens is 207 g/mol. The molecule has 1 rings (SSSR count). The van der Waals surface area contributed by atoms with E-state index in [-0.39, 0.29) is 0 Å². The molecule has 0 bridgehead atoms. The summed E-state index contributed by atoms with van der Waals surface area (Å²) < 4.78 is 36.2. The number of hydrogen-bond donors (Lipinski definition) is 0. The number of aromatic nitrogens is 3. The fourth-order valence-corrected chi connectivity index (χ4v) is 1.00. The van der Waals surface area contributed by atoms with Crippen LogP contribution in [0.5, 0.6) is 0 Å². The van der Waals surface area contributed by atoms with Crippen molar-refractivity contribution in [3.63, 3.8) is 0 Å². The smallest absolute Gasteiger partial charge is 0.243 e. The van der Waals surface area contributed by atoms with Gasteiger partial charge in [-0.25, -0.2) is 4.68 Å². The van der Waals surface area contributed by atoms with Gasteiger partial charge in [-0.1, -0.05) is 5.21 Å². The Hall–Kier alpha value is -0.780. The van der Waals surface area contributed by atoms with Gasteiger partial charge in [-0.05, 0) is 0 Å². The molecule has 1 aromatic heterocycles. The van der Waals surface area contributed by atoms with Crippen LogP contribution in [0.1, 0.15) is 5.69 Å². The van der Waals surface area contributed by atoms with Gasteiger partial charge in [-0.15, -0.1) is 16.7 Å². The van der Waals surface area contributed by atoms with E-state index < -0.39 is 12.7 Å². The van der Waals surface area contributed by atoms with Crippen LogP contribution >= 0.6 is 11.6 Å². The Morgan fingerprint density at radius 3 is 2.69 bits per heavy atom. The summed E-state index contributed by atoms with van der Waals surface area (Å²) in [6, 6.07) is 0. The number of halogens is 4. The molecule has 7 heteroatoms. The lowest BCUT2D eigenvalue weighted by Gasteiger charge is -2.03. The van der Waals surface area contributed by atoms with E-state index in [1.807, 2.05) is 0 Å². The highest BCUT2D eigenvalue weighted by Gasteiger charge is 2.28. The molecule has 1 aromatic rings. The third-order valence-electron chi connectivity index (χ3n) is 1.28. The quantitative estimate of drug-likeness (QED) is 0.715. The summed E-state index contributed by atoms with van der Waals surface area (Å²) in [5, 5.41) is 6.83. The number of alkyl halides is 4. The maximum atomic E-state index is 11.8. The number of aryl methyl sites for hydroxylation is 1. The van der Waals surface area contributed by atoms with E-state index in [1.165, 1.54) is 6.20 Å². The molecule has 0 atom stereocenters. The summed E-state index contributed by atoms with van der Waals surface area (Å²) in [5.41, 5.74) is 0.472. The number of hydrogen-bond acceptors (Lipinski definition) is 2. The van der Waals surface area contributed by atoms with Gasteiger partial charge in [0.25, 0.3) is 0 Å². The van der Waals surface area contributed by atoms with Crippen molar-refractivity contribution in [2.24, 2.45) is 0 Å². The minimum Gasteiger partial charge on any atom is -0.243 e. The summed E-state index contributed by atoms with van der Waals surface area (Å²) in [5.74, 6) is 0.324. The van der Waals surface area contributed by atoms with E-state index in [0.29, 0.717) is 18.0 Å². The van der Waals surface area contributed by atoms with Crippen molar-refractivity contribution in [2.45, 2.75) is 19.1 Å². The second-order valence-corrected chi connectivity index (χ2v) is 2.84. The lowest BCUT2D eigenvalue weighted by molar-refractivity contribution is -0.142. The Labute approximate surface area is 77.5 Å². The molecule has 0 saturated carbocycles. The molecule has 0 aliphatic carbocycles. The maximum Gasteiger partial charge on any atom is 0.408 e. The minimum absolute atomic E-state index is 0.324. The van der Waals surface area contributed by atoms with Gasteiger partial charge in [0, 0.05) is 18.5 Å². The first kappa shape index (κ1) is 10.3. The summed E-state index contributed by atoms with van der Waals surface area (Å²) in [6.45, 7) is -1.11. The highest BCUT2D eigenvalue weighted by molar-refractivity contribution is 6.17. The molecule has 0 saturated heterocycles. The van der Waals surface area contributed by atoms with Crippen LogP contribution in [0.4, 0.5) is 13.2 Å². The van der Waals surface area contributed by atoms with Crippen molar-refractivity contribution in [3.8, 4) is 0 Å². The van der Waals surface area contributed by atoms with Gasteiger partial charge in [0.1, 0.15) is 6.54 Å². The molecule has 0 N–H and O–H groups in total. The first-order chi connectivity index (χ1) is 6.01. The molecule has 3 nitrogen and oxygen atoms in total. The number of rotatable bonds is 3. The molecule has 1 heterocycles. The Morgan fingerprint density at radius 1 is 1.46 bits per heavy atom. The maximum absolute atomic E-state index is 11.8. The van der Waals surface area contributed by atoms with Gasteiger partial charge in [0.15, 0.2) is 0 Å². The van der Waals surface area contributed by atoms with Crippen molar-refractivity contribution >= 4 is 11.6 Å². The molecule has 74 valence electrons. The average molecular weight is 214 g/mol. The third kappa shape index (κ3) is 3.63. The highest BCUT2D eigenvalue weighted by Crippen LogP contribution is 2.16. The molecular formula is C6H7ClF3N3. The third-order valence-corrected chi connectivity index (χ3v) is 1.47. The fraction of sp³-hybridized carbons (Fsp3) is 0.667. The predicted octanol–water partition coefficient (Wildman–Crippen LogP) is 1.62. The van der Waals surface area contributed by atoms with E-state index in [9.17, 15) is 13.2 Å². The van der Waals surface area contributed by atoms with Crippen LogP contribution in [0.3, 0.4) is 0 Å². The normalized spacial score (nSPS) is 12.0. The zero-order valence-electron chi connectivity index (χ0n) is 6.55. The van der Waals surface area contributed by atoms with Gasteiger partial charge in [0.2, 0.25) is 0 Å². The van der Waals surface area contributed by atoms with Crippen molar-refractivity contribution in [1.29, 1.82) is 0 Å². The summed E-state index contributed by atoms with van der Waals surface area (Å²) >= 11 is 5.38. The molecule has 0 spiro atoms. The van der Waals surface area contributed by atoms with Crippen molar-refractivity contribution in [3.05, 3.63) is 11.9 Å². The monoisotopic (exact) mass is 213 g/mol. The van der Waals surface area contributed by atoms with Crippen LogP contribution in [0.2, 0.25) is 0 Å². The van der Waals surface area contributed by atoms with Gasteiger partial charge in [0.05, 0.1) is 5.69 Å². The Bertz CT molecular complexity index is 270. The lowest BCUT2D eigenvalue weighted by Crippen LogP contribution is -2.18. The molecule has 0 radical (unpaired) electrons. The topological polar surface area (TPSA) is 30.7 Å². The molecule has 13 heavy (non-hydrogen) atoms.